The normalized spacial score (nSPS) is 20.6. The van der Waals surface area contributed by atoms with E-state index in [1.54, 1.807) is 19.2 Å². The molecule has 1 saturated heterocycles. The van der Waals surface area contributed by atoms with Crippen molar-refractivity contribution in [1.29, 1.82) is 0 Å². The van der Waals surface area contributed by atoms with Gasteiger partial charge in [-0.15, -0.1) is 0 Å². The lowest BCUT2D eigenvalue weighted by Crippen LogP contribution is -2.44. The van der Waals surface area contributed by atoms with Gasteiger partial charge in [0.05, 0.1) is 34.9 Å². The molecule has 170 valence electrons. The van der Waals surface area contributed by atoms with Gasteiger partial charge in [-0.25, -0.2) is 16.8 Å². The van der Waals surface area contributed by atoms with E-state index in [2.05, 4.69) is 5.32 Å². The molecule has 1 fully saturated rings. The Labute approximate surface area is 184 Å². The van der Waals surface area contributed by atoms with Gasteiger partial charge in [0.25, 0.3) is 0 Å². The second-order valence-electron chi connectivity index (χ2n) is 7.96. The predicted octanol–water partition coefficient (Wildman–Crippen LogP) is 2.25. The third-order valence-electron chi connectivity index (χ3n) is 5.20. The van der Waals surface area contributed by atoms with Gasteiger partial charge in [-0.1, -0.05) is 12.1 Å². The van der Waals surface area contributed by atoms with E-state index in [1.165, 1.54) is 12.1 Å². The Bertz CT molecular complexity index is 1080. The van der Waals surface area contributed by atoms with Crippen molar-refractivity contribution >= 4 is 19.7 Å². The van der Waals surface area contributed by atoms with Gasteiger partial charge in [0.1, 0.15) is 11.5 Å². The van der Waals surface area contributed by atoms with Gasteiger partial charge in [-0.2, -0.15) is 0 Å². The first-order valence-electron chi connectivity index (χ1n) is 10.2. The molecule has 0 amide bonds. The highest BCUT2D eigenvalue weighted by atomic mass is 32.2. The summed E-state index contributed by atoms with van der Waals surface area (Å²) in [6.45, 7) is 4.24. The fourth-order valence-electron chi connectivity index (χ4n) is 3.66. The van der Waals surface area contributed by atoms with Crippen LogP contribution in [0, 0.1) is 0 Å². The maximum atomic E-state index is 13.2. The average molecular weight is 468 g/mol. The Kier molecular flexibility index (Phi) is 7.28. The second-order valence-corrected chi connectivity index (χ2v) is 12.3. The summed E-state index contributed by atoms with van der Waals surface area (Å²) in [5, 5.41) is 2.14. The molecule has 0 bridgehead atoms. The minimum atomic E-state index is -3.82. The van der Waals surface area contributed by atoms with E-state index in [0.717, 1.165) is 11.3 Å². The van der Waals surface area contributed by atoms with Crippen molar-refractivity contribution in [3.8, 4) is 11.5 Å². The van der Waals surface area contributed by atoms with Crippen molar-refractivity contribution in [2.45, 2.75) is 42.6 Å². The molecule has 7 nitrogen and oxygen atoms in total. The van der Waals surface area contributed by atoms with Crippen LogP contribution in [0.5, 0.6) is 11.5 Å². The number of nitrogens with one attached hydrogen (secondary N) is 1. The predicted molar refractivity (Wildman–Crippen MR) is 120 cm³/mol. The average Bonchev–Trinajstić information content (AvgIpc) is 3.04. The zero-order valence-corrected chi connectivity index (χ0v) is 19.6. The number of hydrogen-bond acceptors (Lipinski definition) is 7. The van der Waals surface area contributed by atoms with Crippen LogP contribution in [0.2, 0.25) is 0 Å². The molecule has 31 heavy (non-hydrogen) atoms. The van der Waals surface area contributed by atoms with Gasteiger partial charge >= 0.3 is 0 Å². The molecule has 0 saturated carbocycles. The highest BCUT2D eigenvalue weighted by molar-refractivity contribution is 7.96. The third-order valence-corrected chi connectivity index (χ3v) is 9.37. The summed E-state index contributed by atoms with van der Waals surface area (Å²) in [7, 11) is -5.67. The third kappa shape index (κ3) is 5.99. The number of sulfone groups is 2. The monoisotopic (exact) mass is 467 g/mol. The summed E-state index contributed by atoms with van der Waals surface area (Å²) < 4.78 is 61.7. The molecule has 2 atom stereocenters. The maximum absolute atomic E-state index is 13.2. The highest BCUT2D eigenvalue weighted by Gasteiger charge is 2.45. The maximum Gasteiger partial charge on any atom is 0.183 e. The van der Waals surface area contributed by atoms with E-state index in [-0.39, 0.29) is 22.5 Å². The van der Waals surface area contributed by atoms with Crippen LogP contribution in [0.15, 0.2) is 53.4 Å². The van der Waals surface area contributed by atoms with Crippen LogP contribution >= 0.6 is 0 Å². The van der Waals surface area contributed by atoms with Gasteiger partial charge in [0.15, 0.2) is 19.7 Å². The van der Waals surface area contributed by atoms with Gasteiger partial charge in [-0.3, -0.25) is 0 Å². The molecule has 1 aliphatic heterocycles. The second kappa shape index (κ2) is 9.58. The van der Waals surface area contributed by atoms with Gasteiger partial charge < -0.3 is 14.8 Å². The molecule has 0 aliphatic carbocycles. The van der Waals surface area contributed by atoms with E-state index in [9.17, 15) is 16.8 Å². The first kappa shape index (κ1) is 23.6. The molecule has 1 N–H and O–H groups in total. The largest absolute Gasteiger partial charge is 0.497 e. The summed E-state index contributed by atoms with van der Waals surface area (Å²) in [4.78, 5) is 0.104. The first-order valence-corrected chi connectivity index (χ1v) is 13.5. The van der Waals surface area contributed by atoms with Crippen molar-refractivity contribution in [3.63, 3.8) is 0 Å². The summed E-state index contributed by atoms with van der Waals surface area (Å²) in [6.07, 6.45) is 0.621. The molecule has 3 rings (SSSR count). The van der Waals surface area contributed by atoms with Crippen molar-refractivity contribution in [2.75, 3.05) is 25.2 Å². The lowest BCUT2D eigenvalue weighted by molar-refractivity contribution is 0.242. The fourth-order valence-corrected chi connectivity index (χ4v) is 8.38. The van der Waals surface area contributed by atoms with Gasteiger partial charge in [0.2, 0.25) is 0 Å². The zero-order valence-electron chi connectivity index (χ0n) is 17.9. The van der Waals surface area contributed by atoms with Crippen LogP contribution in [0.4, 0.5) is 0 Å². The number of methoxy groups -OCH3 is 1. The van der Waals surface area contributed by atoms with Crippen molar-refractivity contribution < 1.29 is 26.3 Å². The van der Waals surface area contributed by atoms with Crippen LogP contribution in [-0.4, -0.2) is 59.4 Å². The quantitative estimate of drug-likeness (QED) is 0.604. The number of hydrogen-bond donors (Lipinski definition) is 1. The van der Waals surface area contributed by atoms with Crippen molar-refractivity contribution in [3.05, 3.63) is 54.1 Å². The zero-order chi connectivity index (χ0) is 22.6. The molecule has 0 unspecified atom stereocenters. The van der Waals surface area contributed by atoms with Crippen molar-refractivity contribution in [1.82, 2.24) is 5.32 Å². The SMILES string of the molecule is COc1ccc(CCN[C@H]2CS(=O)(=O)C[C@@H]2S(=O)(=O)c2ccc(OC(C)C)cc2)cc1. The number of rotatable bonds is 9. The van der Waals surface area contributed by atoms with Gasteiger partial charge in [0, 0.05) is 6.04 Å². The van der Waals surface area contributed by atoms with Crippen LogP contribution in [0.25, 0.3) is 0 Å². The molecule has 1 aliphatic rings. The molecular weight excluding hydrogens is 438 g/mol. The molecule has 0 radical (unpaired) electrons. The molecule has 1 heterocycles. The van der Waals surface area contributed by atoms with E-state index >= 15 is 0 Å². The van der Waals surface area contributed by atoms with Crippen LogP contribution in [-0.2, 0) is 26.1 Å². The minimum Gasteiger partial charge on any atom is -0.497 e. The molecule has 9 heteroatoms. The summed E-state index contributed by atoms with van der Waals surface area (Å²) in [5.74, 6) is 0.769. The van der Waals surface area contributed by atoms with Crippen LogP contribution < -0.4 is 14.8 Å². The standard InChI is InChI=1S/C22H29NO6S2/c1-16(2)29-19-8-10-20(11-9-19)31(26,27)22-15-30(24,25)14-21(22)23-13-12-17-4-6-18(28-3)7-5-17/h4-11,16,21-23H,12-15H2,1-3H3/t21-,22-/m0/s1. The molecule has 0 spiro atoms. The number of benzene rings is 2. The summed E-state index contributed by atoms with van der Waals surface area (Å²) >= 11 is 0. The lowest BCUT2D eigenvalue weighted by atomic mass is 10.1. The molecule has 0 aromatic heterocycles. The minimum absolute atomic E-state index is 0.0262. The molecule has 2 aromatic carbocycles. The van der Waals surface area contributed by atoms with E-state index in [0.29, 0.717) is 18.7 Å². The Hall–Kier alpha value is -2.10. The fraction of sp³-hybridized carbons (Fsp3) is 0.455. The van der Waals surface area contributed by atoms with Gasteiger partial charge in [-0.05, 0) is 68.8 Å². The lowest BCUT2D eigenvalue weighted by Gasteiger charge is -2.20. The van der Waals surface area contributed by atoms with E-state index in [4.69, 9.17) is 9.47 Å². The van der Waals surface area contributed by atoms with Crippen LogP contribution in [0.1, 0.15) is 19.4 Å². The number of ether oxygens (including phenoxy) is 2. The molecular formula is C22H29NO6S2. The van der Waals surface area contributed by atoms with E-state index in [1.807, 2.05) is 38.1 Å². The highest BCUT2D eigenvalue weighted by Crippen LogP contribution is 2.27. The summed E-state index contributed by atoms with van der Waals surface area (Å²) in [5.41, 5.74) is 1.05. The Morgan fingerprint density at radius 2 is 1.61 bits per heavy atom. The van der Waals surface area contributed by atoms with E-state index < -0.39 is 31.0 Å². The van der Waals surface area contributed by atoms with Crippen molar-refractivity contribution in [2.24, 2.45) is 0 Å². The Morgan fingerprint density at radius 1 is 1.00 bits per heavy atom. The molecule has 2 aromatic rings. The summed E-state index contributed by atoms with van der Waals surface area (Å²) in [6, 6.07) is 13.1. The Morgan fingerprint density at radius 3 is 2.19 bits per heavy atom. The first-order chi connectivity index (χ1) is 14.6. The topological polar surface area (TPSA) is 98.8 Å². The smallest absolute Gasteiger partial charge is 0.183 e. The Balaban J connectivity index is 1.71. The van der Waals surface area contributed by atoms with Crippen LogP contribution in [0.3, 0.4) is 0 Å².